The van der Waals surface area contributed by atoms with Crippen LogP contribution in [0.4, 0.5) is 0 Å². The number of H-pyrrole nitrogens is 1. The predicted molar refractivity (Wildman–Crippen MR) is 120 cm³/mol. The van der Waals surface area contributed by atoms with Crippen LogP contribution in [0.2, 0.25) is 0 Å². The van der Waals surface area contributed by atoms with Gasteiger partial charge in [-0.15, -0.1) is 0 Å². The molecule has 9 heteroatoms. The number of carbonyl (C=O) groups is 2. The van der Waals surface area contributed by atoms with Crippen LogP contribution in [0.5, 0.6) is 5.75 Å². The van der Waals surface area contributed by atoms with E-state index in [1.807, 2.05) is 17.0 Å². The van der Waals surface area contributed by atoms with Crippen molar-refractivity contribution in [2.24, 2.45) is 0 Å². The van der Waals surface area contributed by atoms with Gasteiger partial charge in [-0.1, -0.05) is 24.3 Å². The van der Waals surface area contributed by atoms with Crippen molar-refractivity contribution in [3.05, 3.63) is 70.3 Å². The number of benzene rings is 2. The average molecular weight is 435 g/mol. The number of hydrogen-bond acceptors (Lipinski definition) is 6. The number of hydrogen-bond donors (Lipinski definition) is 2. The van der Waals surface area contributed by atoms with Gasteiger partial charge in [0.25, 0.3) is 17.4 Å². The van der Waals surface area contributed by atoms with E-state index in [-0.39, 0.29) is 17.3 Å². The van der Waals surface area contributed by atoms with Gasteiger partial charge in [-0.05, 0) is 24.3 Å². The van der Waals surface area contributed by atoms with Crippen molar-refractivity contribution < 1.29 is 14.3 Å². The summed E-state index contributed by atoms with van der Waals surface area (Å²) in [6, 6.07) is 14.1. The first kappa shape index (κ1) is 21.5. The number of aromatic nitrogens is 2. The van der Waals surface area contributed by atoms with Gasteiger partial charge in [0.05, 0.1) is 23.6 Å². The van der Waals surface area contributed by atoms with Crippen molar-refractivity contribution in [2.45, 2.75) is 0 Å². The lowest BCUT2D eigenvalue weighted by atomic mass is 10.1. The topological polar surface area (TPSA) is 108 Å². The highest BCUT2D eigenvalue weighted by molar-refractivity contribution is 5.97. The Morgan fingerprint density at radius 1 is 1.06 bits per heavy atom. The lowest BCUT2D eigenvalue weighted by Crippen LogP contribution is -2.50. The monoisotopic (exact) mass is 435 g/mol. The normalized spacial score (nSPS) is 14.3. The number of nitrogens with one attached hydrogen (secondary N) is 2. The van der Waals surface area contributed by atoms with Crippen molar-refractivity contribution in [3.8, 4) is 5.75 Å². The Labute approximate surface area is 185 Å². The van der Waals surface area contributed by atoms with Crippen LogP contribution in [-0.4, -0.2) is 78.0 Å². The van der Waals surface area contributed by atoms with Crippen LogP contribution in [0.25, 0.3) is 10.9 Å². The molecule has 32 heavy (non-hydrogen) atoms. The molecule has 0 atom stereocenters. The van der Waals surface area contributed by atoms with E-state index in [1.165, 1.54) is 0 Å². The first-order valence-electron chi connectivity index (χ1n) is 10.5. The molecule has 1 saturated heterocycles. The van der Waals surface area contributed by atoms with Crippen LogP contribution in [0.3, 0.4) is 0 Å². The molecule has 9 nitrogen and oxygen atoms in total. The molecule has 2 N–H and O–H groups in total. The molecule has 1 aliphatic heterocycles. The summed E-state index contributed by atoms with van der Waals surface area (Å²) in [7, 11) is 1.56. The number of carbonyl (C=O) groups excluding carboxylic acids is 2. The third-order valence-electron chi connectivity index (χ3n) is 5.54. The Bertz CT molecular complexity index is 1180. The fraction of sp³-hybridized carbons (Fsp3) is 0.304. The van der Waals surface area contributed by atoms with Gasteiger partial charge >= 0.3 is 0 Å². The van der Waals surface area contributed by atoms with E-state index in [1.54, 1.807) is 43.5 Å². The number of piperazine rings is 1. The second-order valence-corrected chi connectivity index (χ2v) is 7.52. The van der Waals surface area contributed by atoms with Gasteiger partial charge in [-0.25, -0.2) is 4.98 Å². The zero-order valence-electron chi connectivity index (χ0n) is 17.8. The van der Waals surface area contributed by atoms with Crippen LogP contribution >= 0.6 is 0 Å². The summed E-state index contributed by atoms with van der Waals surface area (Å²) < 4.78 is 5.30. The first-order chi connectivity index (χ1) is 15.6. The number of nitrogens with zero attached hydrogens (tertiary/aromatic N) is 3. The van der Waals surface area contributed by atoms with Crippen molar-refractivity contribution >= 4 is 22.7 Å². The lowest BCUT2D eigenvalue weighted by molar-refractivity contribution is 0.0634. The van der Waals surface area contributed by atoms with Gasteiger partial charge in [0.1, 0.15) is 5.75 Å². The van der Waals surface area contributed by atoms with E-state index in [0.29, 0.717) is 61.5 Å². The highest BCUT2D eigenvalue weighted by Gasteiger charge is 2.24. The Hall–Kier alpha value is -3.72. The second kappa shape index (κ2) is 9.61. The van der Waals surface area contributed by atoms with E-state index in [2.05, 4.69) is 20.2 Å². The minimum atomic E-state index is -0.419. The molecule has 4 rings (SSSR count). The smallest absolute Gasteiger partial charge is 0.287 e. The maximum Gasteiger partial charge on any atom is 0.287 e. The van der Waals surface area contributed by atoms with Crippen molar-refractivity contribution in [1.29, 1.82) is 0 Å². The quantitative estimate of drug-likeness (QED) is 0.601. The first-order valence-corrected chi connectivity index (χ1v) is 10.5. The van der Waals surface area contributed by atoms with Crippen molar-refractivity contribution in [3.63, 3.8) is 0 Å². The fourth-order valence-corrected chi connectivity index (χ4v) is 3.77. The second-order valence-electron chi connectivity index (χ2n) is 7.52. The van der Waals surface area contributed by atoms with E-state index in [4.69, 9.17) is 4.74 Å². The molecule has 0 saturated carbocycles. The number of amides is 2. The Morgan fingerprint density at radius 3 is 2.56 bits per heavy atom. The predicted octanol–water partition coefficient (Wildman–Crippen LogP) is 1.12. The number of rotatable bonds is 6. The van der Waals surface area contributed by atoms with Gasteiger partial charge < -0.3 is 19.9 Å². The molecule has 0 bridgehead atoms. The van der Waals surface area contributed by atoms with Crippen LogP contribution in [0.1, 0.15) is 21.0 Å². The number of methoxy groups -OCH3 is 1. The van der Waals surface area contributed by atoms with Gasteiger partial charge in [0, 0.05) is 39.3 Å². The zero-order chi connectivity index (χ0) is 22.5. The minimum Gasteiger partial charge on any atom is -0.496 e. The molecular weight excluding hydrogens is 410 g/mol. The maximum absolute atomic E-state index is 12.8. The van der Waals surface area contributed by atoms with Crippen LogP contribution in [0.15, 0.2) is 53.3 Å². The molecule has 2 amide bonds. The maximum atomic E-state index is 12.8. The average Bonchev–Trinajstić information content (AvgIpc) is 2.84. The highest BCUT2D eigenvalue weighted by atomic mass is 16.5. The molecule has 2 heterocycles. The third-order valence-corrected chi connectivity index (χ3v) is 5.54. The van der Waals surface area contributed by atoms with Crippen molar-refractivity contribution in [1.82, 2.24) is 25.1 Å². The Balaban J connectivity index is 1.27. The fourth-order valence-electron chi connectivity index (χ4n) is 3.77. The molecule has 1 fully saturated rings. The largest absolute Gasteiger partial charge is 0.496 e. The molecule has 1 aromatic heterocycles. The number of aromatic amines is 1. The molecule has 3 aromatic rings. The number of fused-ring (bicyclic) bond motifs is 1. The minimum absolute atomic E-state index is 0.000856. The summed E-state index contributed by atoms with van der Waals surface area (Å²) in [4.78, 5) is 48.1. The summed E-state index contributed by atoms with van der Waals surface area (Å²) in [6.45, 7) is 3.68. The summed E-state index contributed by atoms with van der Waals surface area (Å²) in [5, 5.41) is 3.25. The molecule has 1 aliphatic rings. The van der Waals surface area contributed by atoms with Gasteiger partial charge in [0.15, 0.2) is 5.82 Å². The number of ether oxygens (including phenoxy) is 1. The van der Waals surface area contributed by atoms with Crippen LogP contribution in [-0.2, 0) is 0 Å². The summed E-state index contributed by atoms with van der Waals surface area (Å²) in [6.07, 6.45) is 0. The molecule has 0 spiro atoms. The van der Waals surface area contributed by atoms with E-state index in [9.17, 15) is 14.4 Å². The number of para-hydroxylation sites is 2. The Morgan fingerprint density at radius 2 is 1.78 bits per heavy atom. The van der Waals surface area contributed by atoms with Gasteiger partial charge in [-0.3, -0.25) is 19.3 Å². The van der Waals surface area contributed by atoms with Crippen LogP contribution in [0, 0.1) is 0 Å². The molecule has 0 radical (unpaired) electrons. The summed E-state index contributed by atoms with van der Waals surface area (Å²) in [5.41, 5.74) is 0.710. The molecule has 166 valence electrons. The van der Waals surface area contributed by atoms with Crippen LogP contribution < -0.4 is 15.6 Å². The zero-order valence-corrected chi connectivity index (χ0v) is 17.8. The van der Waals surface area contributed by atoms with E-state index >= 15 is 0 Å². The third kappa shape index (κ3) is 4.62. The molecule has 2 aromatic carbocycles. The SMILES string of the molecule is COc1ccccc1C(=O)N1CCN(CCNC(=O)c2nc3ccccc3c(=O)[nH]2)CC1. The van der Waals surface area contributed by atoms with Crippen molar-refractivity contribution in [2.75, 3.05) is 46.4 Å². The van der Waals surface area contributed by atoms with Gasteiger partial charge in [0.2, 0.25) is 0 Å². The highest BCUT2D eigenvalue weighted by Crippen LogP contribution is 2.20. The standard InChI is InChI=1S/C23H25N5O4/c1-32-19-9-5-3-7-17(19)23(31)28-14-12-27(13-15-28)11-10-24-22(30)20-25-18-8-4-2-6-16(18)21(29)26-20/h2-9H,10-15H2,1H3,(H,24,30)(H,25,26,29). The van der Waals surface area contributed by atoms with Gasteiger partial charge in [-0.2, -0.15) is 0 Å². The summed E-state index contributed by atoms with van der Waals surface area (Å²) in [5.74, 6) is 0.114. The molecule has 0 unspecified atom stereocenters. The molecular formula is C23H25N5O4. The summed E-state index contributed by atoms with van der Waals surface area (Å²) >= 11 is 0. The lowest BCUT2D eigenvalue weighted by Gasteiger charge is -2.35. The van der Waals surface area contributed by atoms with E-state index < -0.39 is 5.91 Å². The van der Waals surface area contributed by atoms with E-state index in [0.717, 1.165) is 0 Å². The Kier molecular flexibility index (Phi) is 6.46. The molecule has 0 aliphatic carbocycles.